The van der Waals surface area contributed by atoms with E-state index in [9.17, 15) is 9.59 Å². The monoisotopic (exact) mass is 337 g/mol. The molecule has 3 fully saturated rings. The number of rotatable bonds is 5. The Balaban J connectivity index is 1.71. The summed E-state index contributed by atoms with van der Waals surface area (Å²) in [6, 6.07) is -0.464. The highest BCUT2D eigenvalue weighted by Gasteiger charge is 2.55. The van der Waals surface area contributed by atoms with Gasteiger partial charge in [0.2, 0.25) is 11.8 Å². The zero-order valence-corrected chi connectivity index (χ0v) is 15.2. The fourth-order valence-corrected chi connectivity index (χ4v) is 3.86. The first kappa shape index (κ1) is 17.7. The van der Waals surface area contributed by atoms with Gasteiger partial charge in [0.05, 0.1) is 6.61 Å². The third kappa shape index (κ3) is 3.59. The van der Waals surface area contributed by atoms with Crippen LogP contribution in [0, 0.1) is 11.8 Å². The second-order valence-corrected chi connectivity index (χ2v) is 8.03. The lowest BCUT2D eigenvalue weighted by molar-refractivity contribution is -0.162. The van der Waals surface area contributed by atoms with Crippen molar-refractivity contribution in [1.29, 1.82) is 0 Å². The van der Waals surface area contributed by atoms with Crippen molar-refractivity contribution in [3.63, 3.8) is 0 Å². The molecule has 0 bridgehead atoms. The largest absolute Gasteiger partial charge is 0.353 e. The van der Waals surface area contributed by atoms with Crippen LogP contribution in [0.5, 0.6) is 0 Å². The Bertz CT molecular complexity index is 482. The van der Waals surface area contributed by atoms with E-state index in [0.717, 1.165) is 45.1 Å². The lowest BCUT2D eigenvalue weighted by atomic mass is 9.83. The molecule has 136 valence electrons. The first-order chi connectivity index (χ1) is 11.4. The first-order valence-electron chi connectivity index (χ1n) is 9.32. The second kappa shape index (κ2) is 7.00. The van der Waals surface area contributed by atoms with Gasteiger partial charge < -0.3 is 15.0 Å². The second-order valence-electron chi connectivity index (χ2n) is 8.03. The molecule has 1 atom stereocenters. The molecular formula is C18H31N3O3. The highest BCUT2D eigenvalue weighted by atomic mass is 16.5. The Morgan fingerprint density at radius 1 is 1.21 bits per heavy atom. The van der Waals surface area contributed by atoms with Crippen LogP contribution in [0.15, 0.2) is 0 Å². The van der Waals surface area contributed by atoms with Crippen molar-refractivity contribution in [2.75, 3.05) is 33.8 Å². The van der Waals surface area contributed by atoms with Gasteiger partial charge in [0.15, 0.2) is 0 Å². The predicted octanol–water partition coefficient (Wildman–Crippen LogP) is 1.21. The van der Waals surface area contributed by atoms with Crippen LogP contribution in [0.1, 0.15) is 45.4 Å². The van der Waals surface area contributed by atoms with Gasteiger partial charge in [0.25, 0.3) is 0 Å². The highest BCUT2D eigenvalue weighted by Crippen LogP contribution is 2.45. The zero-order chi connectivity index (χ0) is 17.3. The van der Waals surface area contributed by atoms with Crippen molar-refractivity contribution in [3.8, 4) is 0 Å². The van der Waals surface area contributed by atoms with Gasteiger partial charge in [-0.15, -0.1) is 0 Å². The van der Waals surface area contributed by atoms with Crippen LogP contribution in [0.3, 0.4) is 0 Å². The van der Waals surface area contributed by atoms with Gasteiger partial charge >= 0.3 is 0 Å². The Kier molecular flexibility index (Phi) is 5.16. The fourth-order valence-electron chi connectivity index (χ4n) is 3.86. The van der Waals surface area contributed by atoms with Gasteiger partial charge in [-0.2, -0.15) is 0 Å². The van der Waals surface area contributed by atoms with E-state index in [2.05, 4.69) is 12.2 Å². The van der Waals surface area contributed by atoms with E-state index in [0.29, 0.717) is 19.1 Å². The Labute approximate surface area is 144 Å². The molecule has 0 aromatic heterocycles. The number of hydrogen-bond acceptors (Lipinski definition) is 4. The summed E-state index contributed by atoms with van der Waals surface area (Å²) in [6.45, 7) is 3.97. The van der Waals surface area contributed by atoms with Crippen LogP contribution < -0.4 is 5.32 Å². The lowest BCUT2D eigenvalue weighted by Gasteiger charge is -2.43. The molecule has 1 aliphatic heterocycles. The van der Waals surface area contributed by atoms with Crippen molar-refractivity contribution in [3.05, 3.63) is 0 Å². The molecule has 1 saturated heterocycles. The SMILES string of the molecule is CC1CCC2(CC1)OC[C@H](C(=O)NCCN(C)C)N2C(=O)C1CC1. The average Bonchev–Trinajstić information content (AvgIpc) is 3.32. The van der Waals surface area contributed by atoms with Gasteiger partial charge in [0.1, 0.15) is 11.8 Å². The number of carbonyl (C=O) groups excluding carboxylic acids is 2. The molecule has 1 spiro atoms. The smallest absolute Gasteiger partial charge is 0.245 e. The highest BCUT2D eigenvalue weighted by molar-refractivity contribution is 5.90. The quantitative estimate of drug-likeness (QED) is 0.819. The van der Waals surface area contributed by atoms with Crippen molar-refractivity contribution in [2.24, 2.45) is 11.8 Å². The lowest BCUT2D eigenvalue weighted by Crippen LogP contribution is -2.57. The van der Waals surface area contributed by atoms with Crippen LogP contribution in [-0.4, -0.2) is 67.2 Å². The Morgan fingerprint density at radius 3 is 2.46 bits per heavy atom. The number of likely N-dealkylation sites (N-methyl/N-ethyl adjacent to an activating group) is 1. The molecule has 2 saturated carbocycles. The Hall–Kier alpha value is -1.14. The van der Waals surface area contributed by atoms with Gasteiger partial charge in [0, 0.05) is 19.0 Å². The van der Waals surface area contributed by atoms with Crippen LogP contribution in [0.2, 0.25) is 0 Å². The molecule has 1 heterocycles. The van der Waals surface area contributed by atoms with E-state index in [-0.39, 0.29) is 17.7 Å². The molecule has 1 N–H and O–H groups in total. The molecule has 0 unspecified atom stereocenters. The minimum absolute atomic E-state index is 0.0682. The summed E-state index contributed by atoms with van der Waals surface area (Å²) in [5.74, 6) is 0.848. The molecule has 24 heavy (non-hydrogen) atoms. The van der Waals surface area contributed by atoms with Gasteiger partial charge in [-0.3, -0.25) is 14.5 Å². The molecule has 0 radical (unpaired) electrons. The summed E-state index contributed by atoms with van der Waals surface area (Å²) >= 11 is 0. The van der Waals surface area contributed by atoms with E-state index >= 15 is 0 Å². The van der Waals surface area contributed by atoms with Crippen molar-refractivity contribution in [2.45, 2.75) is 57.2 Å². The van der Waals surface area contributed by atoms with Crippen molar-refractivity contribution in [1.82, 2.24) is 15.1 Å². The van der Waals surface area contributed by atoms with Gasteiger partial charge in [-0.05, 0) is 58.5 Å². The molecule has 0 aromatic carbocycles. The molecule has 6 heteroatoms. The standard InChI is InChI=1S/C18H31N3O3/c1-13-6-8-18(9-7-13)21(17(23)14-4-5-14)15(12-24-18)16(22)19-10-11-20(2)3/h13-15H,4-12H2,1-3H3,(H,19,22)/t13?,15-,18?/m1/s1. The van der Waals surface area contributed by atoms with Crippen molar-refractivity contribution >= 4 is 11.8 Å². The van der Waals surface area contributed by atoms with Crippen LogP contribution in [0.25, 0.3) is 0 Å². The summed E-state index contributed by atoms with van der Waals surface area (Å²) in [6.07, 6.45) is 5.74. The van der Waals surface area contributed by atoms with E-state index in [1.807, 2.05) is 23.9 Å². The third-order valence-electron chi connectivity index (χ3n) is 5.64. The molecule has 2 aliphatic carbocycles. The van der Waals surface area contributed by atoms with E-state index in [1.165, 1.54) is 0 Å². The number of nitrogens with one attached hydrogen (secondary N) is 1. The van der Waals surface area contributed by atoms with Crippen molar-refractivity contribution < 1.29 is 14.3 Å². The summed E-state index contributed by atoms with van der Waals surface area (Å²) in [7, 11) is 3.96. The molecule has 3 aliphatic rings. The first-order valence-corrected chi connectivity index (χ1v) is 9.32. The van der Waals surface area contributed by atoms with Gasteiger partial charge in [-0.25, -0.2) is 0 Å². The number of hydrogen-bond donors (Lipinski definition) is 1. The molecule has 6 nitrogen and oxygen atoms in total. The fraction of sp³-hybridized carbons (Fsp3) is 0.889. The minimum Gasteiger partial charge on any atom is -0.353 e. The third-order valence-corrected chi connectivity index (χ3v) is 5.64. The Morgan fingerprint density at radius 2 is 1.88 bits per heavy atom. The maximum atomic E-state index is 12.9. The number of amides is 2. The number of carbonyl (C=O) groups is 2. The summed E-state index contributed by atoms with van der Waals surface area (Å²) in [5, 5.41) is 2.98. The van der Waals surface area contributed by atoms with E-state index < -0.39 is 11.8 Å². The van der Waals surface area contributed by atoms with E-state index in [4.69, 9.17) is 4.74 Å². The maximum absolute atomic E-state index is 12.9. The van der Waals surface area contributed by atoms with Crippen LogP contribution >= 0.6 is 0 Å². The normalized spacial score (nSPS) is 33.2. The predicted molar refractivity (Wildman–Crippen MR) is 91.2 cm³/mol. The number of nitrogens with zero attached hydrogens (tertiary/aromatic N) is 2. The maximum Gasteiger partial charge on any atom is 0.245 e. The molecule has 3 rings (SSSR count). The van der Waals surface area contributed by atoms with Gasteiger partial charge in [-0.1, -0.05) is 6.92 Å². The minimum atomic E-state index is -0.532. The zero-order valence-electron chi connectivity index (χ0n) is 15.2. The summed E-state index contributed by atoms with van der Waals surface area (Å²) < 4.78 is 6.14. The number of ether oxygens (including phenoxy) is 1. The van der Waals surface area contributed by atoms with Crippen LogP contribution in [-0.2, 0) is 14.3 Å². The molecule has 2 amide bonds. The average molecular weight is 337 g/mol. The molecular weight excluding hydrogens is 306 g/mol. The summed E-state index contributed by atoms with van der Waals surface area (Å²) in [5.41, 5.74) is -0.532. The van der Waals surface area contributed by atoms with Crippen LogP contribution in [0.4, 0.5) is 0 Å². The summed E-state index contributed by atoms with van der Waals surface area (Å²) in [4.78, 5) is 29.5. The topological polar surface area (TPSA) is 61.9 Å². The molecule has 0 aromatic rings. The van der Waals surface area contributed by atoms with E-state index in [1.54, 1.807) is 0 Å².